The van der Waals surface area contributed by atoms with Crippen molar-refractivity contribution >= 4 is 16.0 Å². The molecular weight excluding hydrogens is 318 g/mol. The zero-order valence-electron chi connectivity index (χ0n) is 13.7. The predicted molar refractivity (Wildman–Crippen MR) is 85.6 cm³/mol. The molecule has 130 valence electrons. The van der Waals surface area contributed by atoms with E-state index in [0.717, 1.165) is 19.3 Å². The van der Waals surface area contributed by atoms with Gasteiger partial charge in [-0.05, 0) is 32.1 Å². The summed E-state index contributed by atoms with van der Waals surface area (Å²) < 4.78 is 28.8. The third kappa shape index (κ3) is 4.32. The highest BCUT2D eigenvalue weighted by atomic mass is 32.2. The summed E-state index contributed by atoms with van der Waals surface area (Å²) >= 11 is 0. The Labute approximate surface area is 137 Å². The molecule has 0 aromatic carbocycles. The summed E-state index contributed by atoms with van der Waals surface area (Å²) in [6.07, 6.45) is 5.03. The summed E-state index contributed by atoms with van der Waals surface area (Å²) in [6.45, 7) is 5.19. The minimum Gasteiger partial charge on any atom is -0.481 e. The fourth-order valence-electron chi connectivity index (χ4n) is 2.99. The van der Waals surface area contributed by atoms with Gasteiger partial charge >= 0.3 is 5.97 Å². The van der Waals surface area contributed by atoms with Crippen LogP contribution in [0.5, 0.6) is 0 Å². The molecule has 7 nitrogen and oxygen atoms in total. The first kappa shape index (κ1) is 17.9. The molecule has 1 unspecified atom stereocenters. The number of carboxylic acids is 1. The number of aryl methyl sites for hydroxylation is 2. The van der Waals surface area contributed by atoms with Crippen molar-refractivity contribution < 1.29 is 18.3 Å². The third-order valence-corrected chi connectivity index (χ3v) is 6.17. The maximum Gasteiger partial charge on any atom is 0.303 e. The number of aromatic nitrogens is 2. The Balaban J connectivity index is 2.17. The van der Waals surface area contributed by atoms with Gasteiger partial charge in [-0.25, -0.2) is 8.42 Å². The zero-order valence-corrected chi connectivity index (χ0v) is 14.5. The Bertz CT molecular complexity index is 654. The molecule has 1 N–H and O–H groups in total. The van der Waals surface area contributed by atoms with Crippen molar-refractivity contribution in [1.82, 2.24) is 14.1 Å². The molecule has 0 radical (unpaired) electrons. The monoisotopic (exact) mass is 343 g/mol. The first-order chi connectivity index (χ1) is 10.8. The van der Waals surface area contributed by atoms with Crippen molar-refractivity contribution in [3.05, 3.63) is 11.9 Å². The molecule has 0 bridgehead atoms. The van der Waals surface area contributed by atoms with Crippen LogP contribution in [-0.2, 0) is 21.4 Å². The Hall–Kier alpha value is -1.41. The Morgan fingerprint density at radius 1 is 1.48 bits per heavy atom. The highest BCUT2D eigenvalue weighted by Gasteiger charge is 2.33. The number of aliphatic carboxylic acids is 1. The summed E-state index contributed by atoms with van der Waals surface area (Å²) in [5, 5.41) is 13.2. The lowest BCUT2D eigenvalue weighted by atomic mass is 9.96. The number of carboxylic acid groups (broad SMARTS) is 1. The Morgan fingerprint density at radius 2 is 2.22 bits per heavy atom. The van der Waals surface area contributed by atoms with Gasteiger partial charge in [0, 0.05) is 32.3 Å². The topological polar surface area (TPSA) is 92.5 Å². The van der Waals surface area contributed by atoms with Crippen molar-refractivity contribution in [3.8, 4) is 0 Å². The highest BCUT2D eigenvalue weighted by molar-refractivity contribution is 7.89. The van der Waals surface area contributed by atoms with Crippen LogP contribution in [0.25, 0.3) is 0 Å². The highest BCUT2D eigenvalue weighted by Crippen LogP contribution is 2.26. The van der Waals surface area contributed by atoms with Crippen molar-refractivity contribution in [2.75, 3.05) is 13.1 Å². The minimum atomic E-state index is -3.61. The summed E-state index contributed by atoms with van der Waals surface area (Å²) in [5.74, 6) is -0.996. The van der Waals surface area contributed by atoms with E-state index in [1.807, 2.05) is 0 Å². The van der Waals surface area contributed by atoms with Gasteiger partial charge in [-0.15, -0.1) is 0 Å². The van der Waals surface area contributed by atoms with E-state index in [2.05, 4.69) is 12.0 Å². The Kier molecular flexibility index (Phi) is 5.80. The molecular formula is C15H25N3O4S. The molecule has 2 heterocycles. The first-order valence-corrected chi connectivity index (χ1v) is 9.54. The van der Waals surface area contributed by atoms with Crippen LogP contribution in [0.3, 0.4) is 0 Å². The van der Waals surface area contributed by atoms with Gasteiger partial charge in [-0.3, -0.25) is 9.48 Å². The Morgan fingerprint density at radius 3 is 2.87 bits per heavy atom. The van der Waals surface area contributed by atoms with Crippen LogP contribution < -0.4 is 0 Å². The number of nitrogens with zero attached hydrogens (tertiary/aromatic N) is 3. The van der Waals surface area contributed by atoms with Gasteiger partial charge in [0.25, 0.3) is 0 Å². The fraction of sp³-hybridized carbons (Fsp3) is 0.733. The van der Waals surface area contributed by atoms with E-state index >= 15 is 0 Å². The number of hydrogen-bond donors (Lipinski definition) is 1. The van der Waals surface area contributed by atoms with Crippen LogP contribution in [0.4, 0.5) is 0 Å². The molecule has 23 heavy (non-hydrogen) atoms. The first-order valence-electron chi connectivity index (χ1n) is 8.10. The number of hydrogen-bond acceptors (Lipinski definition) is 4. The van der Waals surface area contributed by atoms with Gasteiger partial charge in [-0.1, -0.05) is 13.3 Å². The van der Waals surface area contributed by atoms with Crippen molar-refractivity contribution in [2.24, 2.45) is 5.92 Å². The van der Waals surface area contributed by atoms with Gasteiger partial charge in [0.1, 0.15) is 4.90 Å². The molecule has 1 aliphatic heterocycles. The average molecular weight is 343 g/mol. The number of sulfonamides is 1. The molecule has 1 aliphatic rings. The molecule has 0 saturated carbocycles. The van der Waals surface area contributed by atoms with Crippen LogP contribution in [0, 0.1) is 12.8 Å². The molecule has 0 aliphatic carbocycles. The third-order valence-electron chi connectivity index (χ3n) is 4.20. The smallest absolute Gasteiger partial charge is 0.303 e. The maximum absolute atomic E-state index is 12.9. The lowest BCUT2D eigenvalue weighted by Gasteiger charge is -2.31. The normalized spacial score (nSPS) is 19.8. The maximum atomic E-state index is 12.9. The molecule has 1 aromatic rings. The summed E-state index contributed by atoms with van der Waals surface area (Å²) in [7, 11) is -3.61. The van der Waals surface area contributed by atoms with Gasteiger partial charge in [0.05, 0.1) is 5.69 Å². The van der Waals surface area contributed by atoms with Gasteiger partial charge in [0.15, 0.2) is 0 Å². The molecule has 1 saturated heterocycles. The molecule has 2 rings (SSSR count). The second-order valence-corrected chi connectivity index (χ2v) is 8.07. The van der Waals surface area contributed by atoms with Crippen LogP contribution in [-0.4, -0.2) is 46.7 Å². The van der Waals surface area contributed by atoms with Gasteiger partial charge < -0.3 is 5.11 Å². The van der Waals surface area contributed by atoms with Crippen LogP contribution >= 0.6 is 0 Å². The van der Waals surface area contributed by atoms with Crippen molar-refractivity contribution in [3.63, 3.8) is 0 Å². The molecule has 0 amide bonds. The second-order valence-electron chi connectivity index (χ2n) is 6.16. The van der Waals surface area contributed by atoms with Crippen molar-refractivity contribution in [1.29, 1.82) is 0 Å². The number of rotatable bonds is 7. The molecule has 8 heteroatoms. The quantitative estimate of drug-likeness (QED) is 0.816. The fourth-order valence-corrected chi connectivity index (χ4v) is 4.71. The SMILES string of the molecule is CCCCn1cc(S(=O)(=O)N2CCCC(CC(=O)O)C2)c(C)n1. The number of carbonyl (C=O) groups is 1. The lowest BCUT2D eigenvalue weighted by molar-refractivity contribution is -0.138. The van der Waals surface area contributed by atoms with E-state index in [-0.39, 0.29) is 23.8 Å². The lowest BCUT2D eigenvalue weighted by Crippen LogP contribution is -2.40. The minimum absolute atomic E-state index is 0.0146. The van der Waals surface area contributed by atoms with E-state index in [0.29, 0.717) is 25.2 Å². The summed E-state index contributed by atoms with van der Waals surface area (Å²) in [4.78, 5) is 11.1. The van der Waals surface area contributed by atoms with Crippen LogP contribution in [0.2, 0.25) is 0 Å². The van der Waals surface area contributed by atoms with E-state index in [9.17, 15) is 13.2 Å². The van der Waals surface area contributed by atoms with Crippen LogP contribution in [0.1, 0.15) is 44.7 Å². The summed E-state index contributed by atoms with van der Waals surface area (Å²) in [6, 6.07) is 0. The molecule has 0 spiro atoms. The zero-order chi connectivity index (χ0) is 17.0. The second kappa shape index (κ2) is 7.44. The van der Waals surface area contributed by atoms with Crippen LogP contribution in [0.15, 0.2) is 11.1 Å². The molecule has 1 atom stereocenters. The van der Waals surface area contributed by atoms with Gasteiger partial charge in [0.2, 0.25) is 10.0 Å². The average Bonchev–Trinajstić information content (AvgIpc) is 2.86. The van der Waals surface area contributed by atoms with Crippen molar-refractivity contribution in [2.45, 2.75) is 57.4 Å². The molecule has 1 aromatic heterocycles. The summed E-state index contributed by atoms with van der Waals surface area (Å²) in [5.41, 5.74) is 0.501. The largest absolute Gasteiger partial charge is 0.481 e. The van der Waals surface area contributed by atoms with E-state index in [1.165, 1.54) is 4.31 Å². The van der Waals surface area contributed by atoms with E-state index in [1.54, 1.807) is 17.8 Å². The number of unbranched alkanes of at least 4 members (excludes halogenated alkanes) is 1. The number of piperidine rings is 1. The van der Waals surface area contributed by atoms with E-state index < -0.39 is 16.0 Å². The molecule has 1 fully saturated rings. The van der Waals surface area contributed by atoms with Gasteiger partial charge in [-0.2, -0.15) is 9.40 Å². The predicted octanol–water partition coefficient (Wildman–Crippen LogP) is 1.87. The van der Waals surface area contributed by atoms with E-state index in [4.69, 9.17) is 5.11 Å². The standard InChI is InChI=1S/C15H25N3O4S/c1-3-4-7-17-11-14(12(2)16-17)23(21,22)18-8-5-6-13(10-18)9-15(19)20/h11,13H,3-10H2,1-2H3,(H,19,20).